The number of alkyl halides is 2. The minimum atomic E-state index is -2.49. The fraction of sp³-hybridized carbons (Fsp3) is 0.556. The van der Waals surface area contributed by atoms with E-state index in [1.165, 1.54) is 33.5 Å². The molecule has 0 radical (unpaired) electrons. The summed E-state index contributed by atoms with van der Waals surface area (Å²) in [5.41, 5.74) is 7.60. The number of hydrogen-bond acceptors (Lipinski definition) is 3. The third kappa shape index (κ3) is 5.32. The minimum absolute atomic E-state index is 0.0302. The second-order valence-corrected chi connectivity index (χ2v) is 9.40. The second-order valence-electron chi connectivity index (χ2n) is 9.40. The molecule has 3 nitrogen and oxygen atoms in total. The predicted molar refractivity (Wildman–Crippen MR) is 128 cm³/mol. The van der Waals surface area contributed by atoms with Gasteiger partial charge >= 0.3 is 0 Å². The molecular weight excluding hydrogens is 406 g/mol. The summed E-state index contributed by atoms with van der Waals surface area (Å²) in [4.78, 5) is 4.68. The molecule has 0 amide bonds. The smallest absolute Gasteiger partial charge is 0.250 e. The van der Waals surface area contributed by atoms with Gasteiger partial charge in [-0.1, -0.05) is 30.3 Å². The van der Waals surface area contributed by atoms with Crippen LogP contribution in [0.4, 0.5) is 14.5 Å². The molecule has 0 bridgehead atoms. The molecule has 2 aliphatic rings. The molecule has 2 aromatic rings. The highest BCUT2D eigenvalue weighted by atomic mass is 19.3. The Bertz CT molecular complexity index is 897. The lowest BCUT2D eigenvalue weighted by Gasteiger charge is -2.37. The molecule has 0 unspecified atom stereocenters. The molecule has 32 heavy (non-hydrogen) atoms. The highest BCUT2D eigenvalue weighted by Gasteiger charge is 2.33. The van der Waals surface area contributed by atoms with E-state index in [0.717, 1.165) is 39.1 Å². The van der Waals surface area contributed by atoms with Crippen LogP contribution in [0.5, 0.6) is 0 Å². The molecule has 174 valence electrons. The lowest BCUT2D eigenvalue weighted by atomic mass is 9.96. The van der Waals surface area contributed by atoms with Crippen molar-refractivity contribution < 1.29 is 13.5 Å². The summed E-state index contributed by atoms with van der Waals surface area (Å²) in [5.74, 6) is -2.49. The van der Waals surface area contributed by atoms with Gasteiger partial charge in [-0.05, 0) is 67.5 Å². The standard InChI is InChI=1S/C27H36F2N2O/c1-4-31(25-9-15-32-16-10-25)26-18-24(17-20(2)21(26)3)23-7-5-22(6-8-23)19-30-13-11-27(28,29)12-14-30/h5-8,17-18,25H,4,9-16,19H2,1-3H3. The van der Waals surface area contributed by atoms with Gasteiger partial charge in [-0.15, -0.1) is 0 Å². The SMILES string of the molecule is CCN(c1cc(-c2ccc(CN3CCC(F)(F)CC3)cc2)cc(C)c1C)C1CCOCC1. The molecule has 0 saturated carbocycles. The Morgan fingerprint density at radius 2 is 1.66 bits per heavy atom. The van der Waals surface area contributed by atoms with Crippen LogP contribution in [0.1, 0.15) is 49.3 Å². The molecule has 2 aliphatic heterocycles. The number of anilines is 1. The third-order valence-corrected chi connectivity index (χ3v) is 7.20. The highest BCUT2D eigenvalue weighted by molar-refractivity contribution is 5.72. The number of aryl methyl sites for hydroxylation is 1. The molecule has 0 atom stereocenters. The van der Waals surface area contributed by atoms with E-state index in [2.05, 4.69) is 67.0 Å². The van der Waals surface area contributed by atoms with Crippen molar-refractivity contribution in [3.8, 4) is 11.1 Å². The molecule has 0 spiro atoms. The summed E-state index contributed by atoms with van der Waals surface area (Å²) in [7, 11) is 0. The Balaban J connectivity index is 1.52. The molecular formula is C27H36F2N2O. The summed E-state index contributed by atoms with van der Waals surface area (Å²) >= 11 is 0. The van der Waals surface area contributed by atoms with Crippen molar-refractivity contribution in [1.29, 1.82) is 0 Å². The first kappa shape index (κ1) is 23.2. The van der Waals surface area contributed by atoms with Crippen LogP contribution in [0.15, 0.2) is 36.4 Å². The fourth-order valence-corrected chi connectivity index (χ4v) is 5.03. The normalized spacial score (nSPS) is 19.8. The number of hydrogen-bond donors (Lipinski definition) is 0. The average molecular weight is 443 g/mol. The zero-order chi connectivity index (χ0) is 22.7. The van der Waals surface area contributed by atoms with Gasteiger partial charge < -0.3 is 9.64 Å². The van der Waals surface area contributed by atoms with Gasteiger partial charge in [0.2, 0.25) is 0 Å². The summed E-state index contributed by atoms with van der Waals surface area (Å²) < 4.78 is 32.4. The largest absolute Gasteiger partial charge is 0.381 e. The number of nitrogens with zero attached hydrogens (tertiary/aromatic N) is 2. The van der Waals surface area contributed by atoms with E-state index < -0.39 is 5.92 Å². The van der Waals surface area contributed by atoms with Crippen LogP contribution in [-0.4, -0.2) is 49.7 Å². The first-order valence-corrected chi connectivity index (χ1v) is 12.0. The van der Waals surface area contributed by atoms with Crippen LogP contribution in [-0.2, 0) is 11.3 Å². The lowest BCUT2D eigenvalue weighted by molar-refractivity contribution is -0.0566. The van der Waals surface area contributed by atoms with E-state index >= 15 is 0 Å². The topological polar surface area (TPSA) is 15.7 Å². The maximum Gasteiger partial charge on any atom is 0.250 e. The van der Waals surface area contributed by atoms with Gasteiger partial charge in [0.1, 0.15) is 0 Å². The van der Waals surface area contributed by atoms with Crippen LogP contribution in [0.2, 0.25) is 0 Å². The van der Waals surface area contributed by atoms with Crippen LogP contribution >= 0.6 is 0 Å². The summed E-state index contributed by atoms with van der Waals surface area (Å²) in [5, 5.41) is 0. The van der Waals surface area contributed by atoms with Gasteiger partial charge in [0.15, 0.2) is 0 Å². The average Bonchev–Trinajstić information content (AvgIpc) is 2.80. The van der Waals surface area contributed by atoms with Crippen molar-refractivity contribution in [2.75, 3.05) is 37.7 Å². The van der Waals surface area contributed by atoms with Crippen LogP contribution in [0, 0.1) is 13.8 Å². The molecule has 5 heteroatoms. The van der Waals surface area contributed by atoms with Crippen LogP contribution in [0.3, 0.4) is 0 Å². The van der Waals surface area contributed by atoms with Crippen molar-refractivity contribution in [3.63, 3.8) is 0 Å². The number of benzene rings is 2. The quantitative estimate of drug-likeness (QED) is 0.529. The van der Waals surface area contributed by atoms with Crippen molar-refractivity contribution in [1.82, 2.24) is 4.90 Å². The maximum absolute atomic E-state index is 13.4. The summed E-state index contributed by atoms with van der Waals surface area (Å²) in [6.45, 7) is 11.0. The molecule has 0 aliphatic carbocycles. The zero-order valence-electron chi connectivity index (χ0n) is 19.7. The first-order valence-electron chi connectivity index (χ1n) is 12.0. The lowest BCUT2D eigenvalue weighted by Crippen LogP contribution is -2.39. The van der Waals surface area contributed by atoms with Crippen molar-refractivity contribution in [2.45, 2.75) is 65.0 Å². The van der Waals surface area contributed by atoms with Gasteiger partial charge in [0, 0.05) is 64.0 Å². The molecule has 0 N–H and O–H groups in total. The summed E-state index contributed by atoms with van der Waals surface area (Å²) in [6.07, 6.45) is 2.09. The minimum Gasteiger partial charge on any atom is -0.381 e. The van der Waals surface area contributed by atoms with Crippen molar-refractivity contribution >= 4 is 5.69 Å². The van der Waals surface area contributed by atoms with E-state index in [1.54, 1.807) is 0 Å². The third-order valence-electron chi connectivity index (χ3n) is 7.20. The number of likely N-dealkylation sites (tertiary alicyclic amines) is 1. The Labute approximate surface area is 191 Å². The second kappa shape index (κ2) is 9.88. The monoisotopic (exact) mass is 442 g/mol. The van der Waals surface area contributed by atoms with Crippen molar-refractivity contribution in [3.05, 3.63) is 53.1 Å². The predicted octanol–water partition coefficient (Wildman–Crippen LogP) is 6.21. The Kier molecular flexibility index (Phi) is 7.16. The number of rotatable bonds is 6. The molecule has 2 saturated heterocycles. The van der Waals surface area contributed by atoms with Crippen molar-refractivity contribution in [2.24, 2.45) is 0 Å². The van der Waals surface area contributed by atoms with E-state index in [-0.39, 0.29) is 12.8 Å². The van der Waals surface area contributed by atoms with E-state index in [0.29, 0.717) is 19.1 Å². The number of ether oxygens (including phenoxy) is 1. The molecule has 2 heterocycles. The maximum atomic E-state index is 13.4. The van der Waals surface area contributed by atoms with Gasteiger partial charge in [0.25, 0.3) is 5.92 Å². The fourth-order valence-electron chi connectivity index (χ4n) is 5.03. The molecule has 0 aromatic heterocycles. The Morgan fingerprint density at radius 1 is 1.00 bits per heavy atom. The Morgan fingerprint density at radius 3 is 2.28 bits per heavy atom. The molecule has 4 rings (SSSR count). The number of halogens is 2. The van der Waals surface area contributed by atoms with E-state index in [9.17, 15) is 8.78 Å². The zero-order valence-corrected chi connectivity index (χ0v) is 19.7. The van der Waals surface area contributed by atoms with Gasteiger partial charge in [-0.3, -0.25) is 4.90 Å². The van der Waals surface area contributed by atoms with Gasteiger partial charge in [-0.25, -0.2) is 8.78 Å². The van der Waals surface area contributed by atoms with E-state index in [1.807, 2.05) is 0 Å². The molecule has 2 fully saturated rings. The first-order chi connectivity index (χ1) is 15.4. The van der Waals surface area contributed by atoms with E-state index in [4.69, 9.17) is 4.74 Å². The van der Waals surface area contributed by atoms with Gasteiger partial charge in [-0.2, -0.15) is 0 Å². The molecule has 2 aromatic carbocycles. The highest BCUT2D eigenvalue weighted by Crippen LogP contribution is 2.34. The van der Waals surface area contributed by atoms with Crippen LogP contribution in [0.25, 0.3) is 11.1 Å². The number of piperidine rings is 1. The van der Waals surface area contributed by atoms with Gasteiger partial charge in [0.05, 0.1) is 0 Å². The Hall–Kier alpha value is -1.98. The summed E-state index contributed by atoms with van der Waals surface area (Å²) in [6, 6.07) is 13.8. The van der Waals surface area contributed by atoms with Crippen LogP contribution < -0.4 is 4.90 Å².